The molecule has 0 aliphatic heterocycles. The van der Waals surface area contributed by atoms with Crippen molar-refractivity contribution in [3.8, 4) is 0 Å². The quantitative estimate of drug-likeness (QED) is 0.0160. The van der Waals surface area contributed by atoms with Crippen LogP contribution in [-0.4, -0.2) is 130 Å². The fourth-order valence-electron chi connectivity index (χ4n) is 10.8. The van der Waals surface area contributed by atoms with Gasteiger partial charge in [0.25, 0.3) is 0 Å². The molecule has 458 valence electrons. The predicted molar refractivity (Wildman–Crippen MR) is 328 cm³/mol. The van der Waals surface area contributed by atoms with Crippen molar-refractivity contribution in [1.82, 2.24) is 52.2 Å². The Kier molecular flexibility index (Phi) is 23.7. The zero-order valence-corrected chi connectivity index (χ0v) is 48.7. The second-order valence-electron chi connectivity index (χ2n) is 22.4. The molecule has 4 aromatic carbocycles. The zero-order valence-electron chi connectivity index (χ0n) is 48.7. The van der Waals surface area contributed by atoms with E-state index >= 15 is 0 Å². The van der Waals surface area contributed by atoms with Gasteiger partial charge in [-0.3, -0.25) is 43.3 Å². The monoisotopic (exact) mass is 1180 g/mol. The van der Waals surface area contributed by atoms with Crippen molar-refractivity contribution in [3.05, 3.63) is 138 Å². The number of primary amides is 1. The van der Waals surface area contributed by atoms with Gasteiger partial charge in [0, 0.05) is 67.3 Å². The van der Waals surface area contributed by atoms with E-state index in [-0.39, 0.29) is 63.4 Å². The molecule has 9 atom stereocenters. The number of nitrogens with two attached hydrogens (primary N) is 5. The van der Waals surface area contributed by atoms with Crippen molar-refractivity contribution < 1.29 is 38.4 Å². The topological polar surface area (TPSA) is 408 Å². The minimum absolute atomic E-state index is 0.000163. The van der Waals surface area contributed by atoms with Gasteiger partial charge in [-0.05, 0) is 90.9 Å². The van der Waals surface area contributed by atoms with Crippen LogP contribution < -0.4 is 65.9 Å². The minimum atomic E-state index is -1.30. The molecule has 2 heterocycles. The molecule has 0 radical (unpaired) electrons. The molecule has 2 aromatic heterocycles. The fourth-order valence-corrected chi connectivity index (χ4v) is 10.8. The van der Waals surface area contributed by atoms with Crippen molar-refractivity contribution >= 4 is 74.9 Å². The molecule has 0 spiro atoms. The lowest BCUT2D eigenvalue weighted by Crippen LogP contribution is -2.59. The summed E-state index contributed by atoms with van der Waals surface area (Å²) in [4.78, 5) is 128. The maximum atomic E-state index is 14.9. The maximum absolute atomic E-state index is 14.9. The molecule has 1 aliphatic rings. The number of rotatable bonds is 32. The van der Waals surface area contributed by atoms with Gasteiger partial charge in [0.1, 0.15) is 36.3 Å². The average Bonchev–Trinajstić information content (AvgIpc) is 3.05. The van der Waals surface area contributed by atoms with Gasteiger partial charge in [0.2, 0.25) is 47.3 Å². The molecule has 2 unspecified atom stereocenters. The lowest BCUT2D eigenvalue weighted by atomic mass is 9.98. The zero-order chi connectivity index (χ0) is 61.7. The molecule has 7 rings (SSSR count). The Balaban J connectivity index is 1.12. The SMILES string of the molecule is CC(C)[C@H](NC(=O)[C@H](Cc1ccccc1)NC(=O)[C@H](CCCCN)NC(=O)C1CCCC1NC(=O)[C@H](Cc1c[nH]c2ccccc12)NC(=O)[C@H](CCCN=C(N)N)NC(=O)[C@H](Cc1ccc2ccccc2c1)NC(=O)[C@@H](N)Cc1cnc[nH]1)C(N)=O. The first kappa shape index (κ1) is 64.4. The minimum Gasteiger partial charge on any atom is -0.370 e. The van der Waals surface area contributed by atoms with Crippen molar-refractivity contribution in [2.45, 2.75) is 139 Å². The smallest absolute Gasteiger partial charge is 0.243 e. The Morgan fingerprint density at radius 1 is 0.616 bits per heavy atom. The van der Waals surface area contributed by atoms with E-state index in [1.54, 1.807) is 50.5 Å². The number of fused-ring (bicyclic) bond motifs is 2. The number of carbonyl (C=O) groups is 8. The fraction of sp³-hybridized carbons (Fsp3) is 0.419. The van der Waals surface area contributed by atoms with E-state index in [0.717, 1.165) is 32.8 Å². The molecule has 1 fully saturated rings. The average molecular weight is 1180 g/mol. The third-order valence-corrected chi connectivity index (χ3v) is 15.5. The molecule has 1 aliphatic carbocycles. The highest BCUT2D eigenvalue weighted by Gasteiger charge is 2.39. The van der Waals surface area contributed by atoms with Gasteiger partial charge in [-0.15, -0.1) is 0 Å². The van der Waals surface area contributed by atoms with Gasteiger partial charge in [0.15, 0.2) is 5.96 Å². The highest BCUT2D eigenvalue weighted by Crippen LogP contribution is 2.27. The molecule has 19 N–H and O–H groups in total. The van der Waals surface area contributed by atoms with Crippen LogP contribution in [-0.2, 0) is 64.0 Å². The Morgan fingerprint density at radius 2 is 1.23 bits per heavy atom. The number of aromatic amines is 2. The van der Waals surface area contributed by atoms with E-state index in [1.165, 1.54) is 6.33 Å². The molecule has 86 heavy (non-hydrogen) atoms. The van der Waals surface area contributed by atoms with E-state index < -0.39 is 102 Å². The highest BCUT2D eigenvalue weighted by atomic mass is 16.2. The molecular formula is C62H82N16O8. The Hall–Kier alpha value is -9.16. The second kappa shape index (κ2) is 31.7. The molecule has 8 amide bonds. The number of aliphatic imine (C=N–C) groups is 1. The van der Waals surface area contributed by atoms with Crippen LogP contribution in [0.1, 0.15) is 87.6 Å². The number of imidazole rings is 1. The van der Waals surface area contributed by atoms with E-state index in [2.05, 4.69) is 57.2 Å². The van der Waals surface area contributed by atoms with E-state index in [0.29, 0.717) is 49.9 Å². The van der Waals surface area contributed by atoms with Crippen LogP contribution in [0.15, 0.2) is 121 Å². The first-order valence-corrected chi connectivity index (χ1v) is 29.3. The van der Waals surface area contributed by atoms with Crippen LogP contribution in [0.5, 0.6) is 0 Å². The van der Waals surface area contributed by atoms with Crippen molar-refractivity contribution in [2.24, 2.45) is 45.5 Å². The molecule has 0 saturated heterocycles. The highest BCUT2D eigenvalue weighted by molar-refractivity contribution is 5.97. The summed E-state index contributed by atoms with van der Waals surface area (Å²) in [5, 5.41) is 22.8. The predicted octanol–water partition coefficient (Wildman–Crippen LogP) is 1.16. The van der Waals surface area contributed by atoms with Gasteiger partial charge in [-0.1, -0.05) is 111 Å². The number of aromatic nitrogens is 3. The number of nitrogens with zero attached hydrogens (tertiary/aromatic N) is 2. The van der Waals surface area contributed by atoms with Crippen LogP contribution in [0.25, 0.3) is 21.7 Å². The number of hydrogen-bond donors (Lipinski definition) is 14. The van der Waals surface area contributed by atoms with Crippen molar-refractivity contribution in [1.29, 1.82) is 0 Å². The number of benzene rings is 4. The Bertz CT molecular complexity index is 3290. The number of amides is 8. The lowest BCUT2D eigenvalue weighted by Gasteiger charge is -2.28. The number of nitrogens with one attached hydrogen (secondary N) is 9. The summed E-state index contributed by atoms with van der Waals surface area (Å²) in [5.74, 6) is -6.51. The second-order valence-corrected chi connectivity index (χ2v) is 22.4. The Labute approximate surface area is 499 Å². The van der Waals surface area contributed by atoms with Gasteiger partial charge in [-0.25, -0.2) is 4.98 Å². The first-order valence-electron chi connectivity index (χ1n) is 29.3. The van der Waals surface area contributed by atoms with E-state index in [4.69, 9.17) is 28.7 Å². The van der Waals surface area contributed by atoms with Gasteiger partial charge >= 0.3 is 0 Å². The summed E-state index contributed by atoms with van der Waals surface area (Å²) in [6.45, 7) is 3.90. The lowest BCUT2D eigenvalue weighted by molar-refractivity contribution is -0.135. The third-order valence-electron chi connectivity index (χ3n) is 15.5. The standard InChI is InChI=1S/C62H82N16O8/c1-36(2)53(54(65)79)78-61(86)50(29-37-14-4-3-5-15-37)76-57(82)48(21-10-11-26-63)73-55(80)44-19-12-22-47(44)72-60(85)52(31-41-33-70-46-20-9-8-18-43(41)46)77-58(83)49(23-13-27-69-62(66)67)74-59(84)51(75-56(81)45(64)32-42-34-68-35-71-42)30-38-24-25-39-16-6-7-17-40(39)28-38/h3-9,14-18,20,24-25,28,33-36,44-45,47-53,70H,10-13,19,21-23,26-27,29-32,63-64H2,1-2H3,(H2,65,79)(H,68,71)(H,72,85)(H,73,80)(H,74,84)(H,75,81)(H,76,82)(H,77,83)(H,78,86)(H4,66,67,69)/t44?,45-,47?,48-,49-,50-,51-,52-,53-/m0/s1. The summed E-state index contributed by atoms with van der Waals surface area (Å²) in [6, 6.07) is 21.0. The van der Waals surface area contributed by atoms with Gasteiger partial charge in [0.05, 0.1) is 18.3 Å². The molecule has 24 nitrogen and oxygen atoms in total. The summed E-state index contributed by atoms with van der Waals surface area (Å²) in [5.41, 5.74) is 32.7. The Morgan fingerprint density at radius 3 is 1.92 bits per heavy atom. The van der Waals surface area contributed by atoms with E-state index in [9.17, 15) is 38.4 Å². The summed E-state index contributed by atoms with van der Waals surface area (Å²) < 4.78 is 0. The largest absolute Gasteiger partial charge is 0.370 e. The van der Waals surface area contributed by atoms with E-state index in [1.807, 2.05) is 72.8 Å². The number of unbranched alkanes of at least 4 members (excludes halogenated alkanes) is 1. The summed E-state index contributed by atoms with van der Waals surface area (Å²) in [7, 11) is 0. The molecule has 0 bridgehead atoms. The van der Waals surface area contributed by atoms with Crippen molar-refractivity contribution in [3.63, 3.8) is 0 Å². The first-order chi connectivity index (χ1) is 41.4. The van der Waals surface area contributed by atoms with Crippen molar-refractivity contribution in [2.75, 3.05) is 13.1 Å². The van der Waals surface area contributed by atoms with Crippen LogP contribution in [0, 0.1) is 11.8 Å². The summed E-state index contributed by atoms with van der Waals surface area (Å²) >= 11 is 0. The van der Waals surface area contributed by atoms with Crippen LogP contribution in [0.3, 0.4) is 0 Å². The number of para-hydroxylation sites is 1. The molecule has 6 aromatic rings. The summed E-state index contributed by atoms with van der Waals surface area (Å²) in [6.07, 6.45) is 7.59. The molecule has 24 heteroatoms. The number of hydrogen-bond acceptors (Lipinski definition) is 12. The molecule has 1 saturated carbocycles. The van der Waals surface area contributed by atoms with Crippen LogP contribution in [0.4, 0.5) is 0 Å². The number of H-pyrrole nitrogens is 2. The van der Waals surface area contributed by atoms with Gasteiger partial charge < -0.3 is 75.9 Å². The van der Waals surface area contributed by atoms with Gasteiger partial charge in [-0.2, -0.15) is 0 Å². The van der Waals surface area contributed by atoms with Crippen LogP contribution >= 0.6 is 0 Å². The van der Waals surface area contributed by atoms with Crippen LogP contribution in [0.2, 0.25) is 0 Å². The number of carbonyl (C=O) groups excluding carboxylic acids is 8. The molecular weight excluding hydrogens is 1100 g/mol. The number of guanidine groups is 1. The third kappa shape index (κ3) is 18.7. The normalized spacial score (nSPS) is 16.3. The maximum Gasteiger partial charge on any atom is 0.243 e.